The van der Waals surface area contributed by atoms with Crippen molar-refractivity contribution in [3.63, 3.8) is 0 Å². The van der Waals surface area contributed by atoms with Crippen LogP contribution in [0.15, 0.2) is 188 Å². The van der Waals surface area contributed by atoms with Gasteiger partial charge in [0.05, 0.1) is 17.4 Å². The third-order valence-electron chi connectivity index (χ3n) is 15.6. The zero-order valence-electron chi connectivity index (χ0n) is 41.4. The van der Waals surface area contributed by atoms with Crippen LogP contribution in [0.3, 0.4) is 0 Å². The van der Waals surface area contributed by atoms with Gasteiger partial charge in [-0.2, -0.15) is 0 Å². The van der Waals surface area contributed by atoms with Crippen LogP contribution in [0.4, 0.5) is 28.4 Å². The molecule has 0 bridgehead atoms. The second-order valence-corrected chi connectivity index (χ2v) is 20.9. The first-order valence-corrected chi connectivity index (χ1v) is 24.5. The normalized spacial score (nSPS) is 16.9. The second-order valence-electron chi connectivity index (χ2n) is 20.9. The quantitative estimate of drug-likeness (QED) is 0.150. The molecule has 2 heteroatoms. The first-order valence-electron chi connectivity index (χ1n) is 24.5. The summed E-state index contributed by atoms with van der Waals surface area (Å²) in [6.45, 7) is 23.0. The van der Waals surface area contributed by atoms with E-state index in [1.165, 1.54) is 117 Å². The maximum absolute atomic E-state index is 2.64. The van der Waals surface area contributed by atoms with Gasteiger partial charge < -0.3 is 9.80 Å². The average Bonchev–Trinajstić information content (AvgIpc) is 3.71. The highest BCUT2D eigenvalue weighted by molar-refractivity contribution is 5.96. The van der Waals surface area contributed by atoms with E-state index in [0.717, 1.165) is 5.69 Å². The molecule has 0 aliphatic heterocycles. The van der Waals surface area contributed by atoms with Gasteiger partial charge in [-0.3, -0.25) is 0 Å². The molecule has 8 aromatic carbocycles. The molecule has 0 N–H and O–H groups in total. The summed E-state index contributed by atoms with van der Waals surface area (Å²) in [4.78, 5) is 5.17. The van der Waals surface area contributed by atoms with E-state index >= 15 is 0 Å². The molecule has 2 unspecified atom stereocenters. The number of benzene rings is 8. The van der Waals surface area contributed by atoms with E-state index < -0.39 is 0 Å². The number of anilines is 5. The monoisotopic (exact) mass is 882 g/mol. The van der Waals surface area contributed by atoms with Gasteiger partial charge in [0.1, 0.15) is 0 Å². The average molecular weight is 883 g/mol. The minimum Gasteiger partial charge on any atom is -0.333 e. The smallest absolute Gasteiger partial charge is 0.0632 e. The lowest BCUT2D eigenvalue weighted by Gasteiger charge is -2.41. The molecule has 8 aromatic rings. The van der Waals surface area contributed by atoms with Crippen LogP contribution in [0, 0.1) is 41.5 Å². The van der Waals surface area contributed by atoms with Gasteiger partial charge in [0, 0.05) is 39.4 Å². The van der Waals surface area contributed by atoms with Crippen LogP contribution in [-0.2, 0) is 10.8 Å². The standard InChI is InChI=1S/C66H62N2/c1-41-35-43(3)63(44(4)36-41)67(59-29-17-27-57-61(59)53-23-11-13-25-55(53)65(57,7)8)51-21-15-19-49(39-51)47-31-33-48(34-32-47)50-20-16-22-52(40-50)68(64-45(5)37-42(2)38-46(64)6)60-30-18-28-58-62(60)54-24-12-14-26-56(54)66(58,9)10/h11-40,59,61H,1-10H3. The Morgan fingerprint density at radius 3 is 1.62 bits per heavy atom. The lowest BCUT2D eigenvalue weighted by atomic mass is 9.76. The predicted octanol–water partition coefficient (Wildman–Crippen LogP) is 17.7. The van der Waals surface area contributed by atoms with Gasteiger partial charge in [-0.25, -0.2) is 0 Å². The molecule has 0 spiro atoms. The molecule has 68 heavy (non-hydrogen) atoms. The first-order chi connectivity index (χ1) is 32.7. The van der Waals surface area contributed by atoms with Gasteiger partial charge in [0.15, 0.2) is 0 Å². The van der Waals surface area contributed by atoms with E-state index in [9.17, 15) is 0 Å². The van der Waals surface area contributed by atoms with Crippen LogP contribution >= 0.6 is 0 Å². The fraction of sp³-hybridized carbons (Fsp3) is 0.212. The van der Waals surface area contributed by atoms with Crippen molar-refractivity contribution in [1.29, 1.82) is 0 Å². The van der Waals surface area contributed by atoms with E-state index in [1.54, 1.807) is 0 Å². The lowest BCUT2D eigenvalue weighted by molar-refractivity contribution is 0.580. The highest BCUT2D eigenvalue weighted by Crippen LogP contribution is 2.57. The summed E-state index contributed by atoms with van der Waals surface area (Å²) >= 11 is 0. The van der Waals surface area contributed by atoms with Gasteiger partial charge in [0.2, 0.25) is 0 Å². The van der Waals surface area contributed by atoms with Crippen molar-refractivity contribution in [3.8, 4) is 33.4 Å². The van der Waals surface area contributed by atoms with Crippen LogP contribution in [0.5, 0.6) is 0 Å². The summed E-state index contributed by atoms with van der Waals surface area (Å²) in [6.07, 6.45) is 7.13. The molecule has 0 amide bonds. The number of fused-ring (bicyclic) bond motifs is 6. The fourth-order valence-corrected chi connectivity index (χ4v) is 12.7. The summed E-state index contributed by atoms with van der Waals surface area (Å²) in [5.41, 5.74) is 28.2. The maximum atomic E-state index is 2.64. The van der Waals surface area contributed by atoms with Gasteiger partial charge in [-0.05, 0) is 144 Å². The van der Waals surface area contributed by atoms with Crippen molar-refractivity contribution in [2.24, 2.45) is 0 Å². The highest BCUT2D eigenvalue weighted by Gasteiger charge is 2.47. The molecule has 0 aromatic heterocycles. The van der Waals surface area contributed by atoms with E-state index in [4.69, 9.17) is 0 Å². The third-order valence-corrected chi connectivity index (χ3v) is 15.6. The predicted molar refractivity (Wildman–Crippen MR) is 290 cm³/mol. The van der Waals surface area contributed by atoms with Crippen molar-refractivity contribution in [2.75, 3.05) is 9.80 Å². The number of hydrogen-bond acceptors (Lipinski definition) is 2. The number of allylic oxidation sites excluding steroid dienone is 2. The Labute approximate surface area is 405 Å². The number of rotatable bonds is 8. The summed E-state index contributed by atoms with van der Waals surface area (Å²) < 4.78 is 0. The molecule has 0 heterocycles. The SMILES string of the molecule is Cc1cc(C)c(N(c2cccc(-c3ccc(-c4cccc(N(c5c(C)cc(C)cc5C)C5C=CC=C6C5c5ccccc5C6(C)C)c4)cc3)c2)c2cccc3c2-c2ccccc2C3(C)C)c(C)c1. The van der Waals surface area contributed by atoms with Crippen LogP contribution in [-0.4, -0.2) is 6.04 Å². The van der Waals surface area contributed by atoms with Crippen LogP contribution in [0.1, 0.15) is 89.2 Å². The fourth-order valence-electron chi connectivity index (χ4n) is 12.7. The topological polar surface area (TPSA) is 6.48 Å². The Hall–Kier alpha value is -7.16. The van der Waals surface area contributed by atoms with Gasteiger partial charge in [-0.1, -0.05) is 196 Å². The molecule has 11 rings (SSSR count). The van der Waals surface area contributed by atoms with E-state index in [0.29, 0.717) is 0 Å². The molecule has 0 saturated carbocycles. The molecule has 336 valence electrons. The number of hydrogen-bond donors (Lipinski definition) is 0. The molecule has 0 fully saturated rings. The van der Waals surface area contributed by atoms with Crippen LogP contribution in [0.25, 0.3) is 33.4 Å². The Morgan fingerprint density at radius 2 is 0.971 bits per heavy atom. The summed E-state index contributed by atoms with van der Waals surface area (Å²) in [6, 6.07) is 62.1. The van der Waals surface area contributed by atoms with Crippen molar-refractivity contribution >= 4 is 28.4 Å². The van der Waals surface area contributed by atoms with Crippen molar-refractivity contribution in [2.45, 2.75) is 92.0 Å². The molecule has 3 aliphatic rings. The third kappa shape index (κ3) is 6.91. The lowest BCUT2D eigenvalue weighted by Crippen LogP contribution is -2.38. The molecule has 0 saturated heterocycles. The van der Waals surface area contributed by atoms with Gasteiger partial charge in [0.25, 0.3) is 0 Å². The number of aryl methyl sites for hydroxylation is 6. The molecular weight excluding hydrogens is 821 g/mol. The van der Waals surface area contributed by atoms with Crippen LogP contribution in [0.2, 0.25) is 0 Å². The molecule has 0 radical (unpaired) electrons. The first kappa shape index (κ1) is 43.4. The van der Waals surface area contributed by atoms with Gasteiger partial charge in [-0.15, -0.1) is 0 Å². The summed E-state index contributed by atoms with van der Waals surface area (Å²) in [5.74, 6) is 0.241. The maximum Gasteiger partial charge on any atom is 0.0632 e. The van der Waals surface area contributed by atoms with Crippen LogP contribution < -0.4 is 9.80 Å². The van der Waals surface area contributed by atoms with Crippen molar-refractivity contribution in [1.82, 2.24) is 0 Å². The van der Waals surface area contributed by atoms with Crippen molar-refractivity contribution < 1.29 is 0 Å². The number of nitrogens with zero attached hydrogens (tertiary/aromatic N) is 2. The molecule has 3 aliphatic carbocycles. The molecular formula is C66H62N2. The minimum absolute atomic E-state index is 0.0434. The van der Waals surface area contributed by atoms with E-state index in [-0.39, 0.29) is 22.8 Å². The Kier molecular flexibility index (Phi) is 10.4. The summed E-state index contributed by atoms with van der Waals surface area (Å²) in [5, 5.41) is 0. The van der Waals surface area contributed by atoms with E-state index in [1.807, 2.05) is 0 Å². The highest BCUT2D eigenvalue weighted by atomic mass is 15.2. The Balaban J connectivity index is 0.985. The zero-order chi connectivity index (χ0) is 47.2. The van der Waals surface area contributed by atoms with Crippen molar-refractivity contribution in [3.05, 3.63) is 243 Å². The largest absolute Gasteiger partial charge is 0.333 e. The Morgan fingerprint density at radius 1 is 0.441 bits per heavy atom. The molecule has 2 atom stereocenters. The second kappa shape index (κ2) is 16.3. The minimum atomic E-state index is -0.0991. The van der Waals surface area contributed by atoms with E-state index in [2.05, 4.69) is 261 Å². The zero-order valence-corrected chi connectivity index (χ0v) is 41.4. The molecule has 2 nitrogen and oxygen atoms in total. The summed E-state index contributed by atoms with van der Waals surface area (Å²) in [7, 11) is 0. The Bertz CT molecular complexity index is 3330. The van der Waals surface area contributed by atoms with Gasteiger partial charge >= 0.3 is 0 Å².